The summed E-state index contributed by atoms with van der Waals surface area (Å²) in [6, 6.07) is 18.4. The number of pyridine rings is 1. The number of rotatable bonds is 5. The number of amides is 2. The Bertz CT molecular complexity index is 1390. The second kappa shape index (κ2) is 7.61. The van der Waals surface area contributed by atoms with Gasteiger partial charge in [-0.25, -0.2) is 13.4 Å². The van der Waals surface area contributed by atoms with Crippen molar-refractivity contribution in [1.29, 1.82) is 0 Å². The maximum Gasteiger partial charge on any atom is 0.261 e. The zero-order valence-electron chi connectivity index (χ0n) is 16.8. The van der Waals surface area contributed by atoms with E-state index in [2.05, 4.69) is 9.71 Å². The van der Waals surface area contributed by atoms with E-state index in [4.69, 9.17) is 0 Å². The minimum Gasteiger partial charge on any atom is -0.306 e. The lowest BCUT2D eigenvalue weighted by atomic mass is 10.1. The highest BCUT2D eigenvalue weighted by molar-refractivity contribution is 7.92. The topological polar surface area (TPSA) is 101 Å². The number of nitrogens with one attached hydrogen (secondary N) is 1. The van der Waals surface area contributed by atoms with E-state index in [-0.39, 0.29) is 29.6 Å². The second-order valence-electron chi connectivity index (χ2n) is 7.39. The van der Waals surface area contributed by atoms with Crippen LogP contribution >= 0.6 is 0 Å². The molecule has 0 unspecified atom stereocenters. The first-order valence-electron chi connectivity index (χ1n) is 9.94. The lowest BCUT2D eigenvalue weighted by Gasteiger charge is -2.14. The van der Waals surface area contributed by atoms with Crippen molar-refractivity contribution >= 4 is 38.9 Å². The quantitative estimate of drug-likeness (QED) is 0.473. The molecule has 1 N–H and O–H groups in total. The number of nitrogens with zero attached hydrogens (tertiary/aromatic N) is 3. The first kappa shape index (κ1) is 20.0. The van der Waals surface area contributed by atoms with Gasteiger partial charge in [0.05, 0.1) is 16.3 Å². The summed E-state index contributed by atoms with van der Waals surface area (Å²) in [4.78, 5) is 29.4. The predicted molar refractivity (Wildman–Crippen MR) is 120 cm³/mol. The number of benzene rings is 2. The Morgan fingerprint density at radius 1 is 0.844 bits per heavy atom. The molecule has 0 radical (unpaired) electrons. The highest BCUT2D eigenvalue weighted by Crippen LogP contribution is 2.26. The van der Waals surface area contributed by atoms with Crippen LogP contribution in [0.1, 0.15) is 12.8 Å². The summed E-state index contributed by atoms with van der Waals surface area (Å²) in [6.07, 6.45) is 4.16. The Kier molecular flexibility index (Phi) is 4.75. The molecule has 0 saturated carbocycles. The Labute approximate surface area is 184 Å². The second-order valence-corrected chi connectivity index (χ2v) is 9.07. The number of imidazole rings is 1. The monoisotopic (exact) mass is 446 g/mol. The molecule has 4 aromatic rings. The number of imide groups is 1. The molecule has 2 aromatic carbocycles. The molecule has 160 valence electrons. The molecule has 8 nitrogen and oxygen atoms in total. The molecular weight excluding hydrogens is 428 g/mol. The van der Waals surface area contributed by atoms with Crippen molar-refractivity contribution in [1.82, 2.24) is 9.38 Å². The fraction of sp³-hybridized carbons (Fsp3) is 0.0870. The lowest BCUT2D eigenvalue weighted by Crippen LogP contribution is -2.28. The van der Waals surface area contributed by atoms with E-state index >= 15 is 0 Å². The third kappa shape index (κ3) is 3.63. The van der Waals surface area contributed by atoms with Crippen LogP contribution in [0.15, 0.2) is 84.0 Å². The molecule has 0 bridgehead atoms. The van der Waals surface area contributed by atoms with E-state index in [0.29, 0.717) is 11.4 Å². The van der Waals surface area contributed by atoms with Gasteiger partial charge in [0.25, 0.3) is 10.0 Å². The van der Waals surface area contributed by atoms with Crippen molar-refractivity contribution in [2.75, 3.05) is 9.62 Å². The maximum absolute atomic E-state index is 12.8. The molecule has 1 aliphatic rings. The van der Waals surface area contributed by atoms with Crippen molar-refractivity contribution in [2.24, 2.45) is 0 Å². The van der Waals surface area contributed by atoms with Gasteiger partial charge in [0.2, 0.25) is 11.8 Å². The van der Waals surface area contributed by atoms with Crippen molar-refractivity contribution in [3.8, 4) is 11.3 Å². The van der Waals surface area contributed by atoms with Crippen LogP contribution in [0.2, 0.25) is 0 Å². The Morgan fingerprint density at radius 2 is 1.53 bits per heavy atom. The summed E-state index contributed by atoms with van der Waals surface area (Å²) >= 11 is 0. The summed E-state index contributed by atoms with van der Waals surface area (Å²) in [5.74, 6) is -0.566. The molecule has 1 aliphatic heterocycles. The highest BCUT2D eigenvalue weighted by Gasteiger charge is 2.30. The maximum atomic E-state index is 12.8. The molecule has 3 heterocycles. The van der Waals surface area contributed by atoms with Crippen LogP contribution in [0.25, 0.3) is 16.9 Å². The average Bonchev–Trinajstić information content (AvgIpc) is 3.37. The van der Waals surface area contributed by atoms with Crippen molar-refractivity contribution < 1.29 is 18.0 Å². The molecule has 32 heavy (non-hydrogen) atoms. The minimum absolute atomic E-state index is 0.0322. The smallest absolute Gasteiger partial charge is 0.261 e. The molecule has 1 saturated heterocycles. The van der Waals surface area contributed by atoms with Crippen LogP contribution < -0.4 is 9.62 Å². The van der Waals surface area contributed by atoms with Crippen molar-refractivity contribution in [3.63, 3.8) is 0 Å². The summed E-state index contributed by atoms with van der Waals surface area (Å²) in [7, 11) is -3.84. The molecule has 9 heteroatoms. The number of aromatic nitrogens is 2. The van der Waals surface area contributed by atoms with Crippen LogP contribution in [0, 0.1) is 0 Å². The zero-order valence-corrected chi connectivity index (χ0v) is 17.6. The third-order valence-corrected chi connectivity index (χ3v) is 6.65. The van der Waals surface area contributed by atoms with E-state index in [9.17, 15) is 18.0 Å². The number of hydrogen-bond donors (Lipinski definition) is 1. The Hall–Kier alpha value is -3.98. The number of hydrogen-bond acceptors (Lipinski definition) is 5. The third-order valence-electron chi connectivity index (χ3n) is 5.25. The SMILES string of the molecule is O=C1CCC(=O)N1c1ccc(S(=O)(=O)Nc2ccc(-c3cn4ccccc4n3)cc2)cc1. The average molecular weight is 446 g/mol. The van der Waals surface area contributed by atoms with Gasteiger partial charge < -0.3 is 4.40 Å². The van der Waals surface area contributed by atoms with Gasteiger partial charge in [-0.15, -0.1) is 0 Å². The molecule has 0 atom stereocenters. The van der Waals surface area contributed by atoms with E-state index in [0.717, 1.165) is 21.8 Å². The van der Waals surface area contributed by atoms with Crippen molar-refractivity contribution in [2.45, 2.75) is 17.7 Å². The van der Waals surface area contributed by atoms with Gasteiger partial charge in [-0.05, 0) is 48.5 Å². The van der Waals surface area contributed by atoms with E-state index in [1.54, 1.807) is 24.3 Å². The molecule has 5 rings (SSSR count). The fourth-order valence-electron chi connectivity index (χ4n) is 3.64. The fourth-order valence-corrected chi connectivity index (χ4v) is 4.69. The molecular formula is C23H18N4O4S. The van der Waals surface area contributed by atoms with E-state index < -0.39 is 10.0 Å². The number of sulfonamides is 1. The van der Waals surface area contributed by atoms with Gasteiger partial charge in [0.15, 0.2) is 0 Å². The van der Waals surface area contributed by atoms with Gasteiger partial charge >= 0.3 is 0 Å². The van der Waals surface area contributed by atoms with Crippen LogP contribution in [0.4, 0.5) is 11.4 Å². The van der Waals surface area contributed by atoms with Gasteiger partial charge in [-0.1, -0.05) is 18.2 Å². The Morgan fingerprint density at radius 3 is 2.19 bits per heavy atom. The van der Waals surface area contributed by atoms with Crippen LogP contribution in [-0.2, 0) is 19.6 Å². The number of fused-ring (bicyclic) bond motifs is 1. The minimum atomic E-state index is -3.84. The molecule has 0 aliphatic carbocycles. The van der Waals surface area contributed by atoms with Crippen molar-refractivity contribution in [3.05, 3.63) is 79.1 Å². The normalized spacial score (nSPS) is 14.3. The largest absolute Gasteiger partial charge is 0.306 e. The van der Waals surface area contributed by atoms with Gasteiger partial charge in [-0.2, -0.15) is 0 Å². The van der Waals surface area contributed by atoms with Crippen LogP contribution in [0.3, 0.4) is 0 Å². The van der Waals surface area contributed by atoms with Crippen LogP contribution in [-0.4, -0.2) is 29.6 Å². The Balaban J connectivity index is 1.34. The molecule has 2 amide bonds. The van der Waals surface area contributed by atoms with Gasteiger partial charge in [0, 0.05) is 36.5 Å². The van der Waals surface area contributed by atoms with Gasteiger partial charge in [-0.3, -0.25) is 19.2 Å². The summed E-state index contributed by atoms with van der Waals surface area (Å²) < 4.78 is 30.0. The summed E-state index contributed by atoms with van der Waals surface area (Å²) in [5, 5.41) is 0. The molecule has 0 spiro atoms. The molecule has 2 aromatic heterocycles. The highest BCUT2D eigenvalue weighted by atomic mass is 32.2. The van der Waals surface area contributed by atoms with Gasteiger partial charge in [0.1, 0.15) is 5.65 Å². The number of carbonyl (C=O) groups excluding carboxylic acids is 2. The lowest BCUT2D eigenvalue weighted by molar-refractivity contribution is -0.121. The van der Waals surface area contributed by atoms with E-state index in [1.165, 1.54) is 24.3 Å². The number of anilines is 2. The number of carbonyl (C=O) groups is 2. The first-order chi connectivity index (χ1) is 15.4. The standard InChI is InChI=1S/C23H18N4O4S/c28-22-12-13-23(29)27(22)18-8-10-19(11-9-18)32(30,31)25-17-6-4-16(5-7-17)20-15-26-14-2-1-3-21(26)24-20/h1-11,14-15,25H,12-13H2. The first-order valence-corrected chi connectivity index (χ1v) is 11.4. The predicted octanol–water partition coefficient (Wildman–Crippen LogP) is 3.46. The van der Waals surface area contributed by atoms with Crippen LogP contribution in [0.5, 0.6) is 0 Å². The summed E-state index contributed by atoms with van der Waals surface area (Å²) in [5.41, 5.74) is 3.25. The van der Waals surface area contributed by atoms with E-state index in [1.807, 2.05) is 35.0 Å². The summed E-state index contributed by atoms with van der Waals surface area (Å²) in [6.45, 7) is 0. The molecule has 1 fully saturated rings. The zero-order chi connectivity index (χ0) is 22.3.